The zero-order chi connectivity index (χ0) is 11.5. The van der Waals surface area contributed by atoms with Gasteiger partial charge >= 0.3 is 5.97 Å². The van der Waals surface area contributed by atoms with Crippen LogP contribution in [0, 0.1) is 0 Å². The summed E-state index contributed by atoms with van der Waals surface area (Å²) in [5, 5.41) is 0.370. The lowest BCUT2D eigenvalue weighted by atomic mass is 9.98. The predicted octanol–water partition coefficient (Wildman–Crippen LogP) is 3.94. The monoisotopic (exact) mass is 279 g/mol. The van der Waals surface area contributed by atoms with Crippen LogP contribution in [0.3, 0.4) is 0 Å². The summed E-state index contributed by atoms with van der Waals surface area (Å²) in [5.41, 5.74) is 0. The van der Waals surface area contributed by atoms with Crippen molar-refractivity contribution < 1.29 is 9.53 Å². The summed E-state index contributed by atoms with van der Waals surface area (Å²) in [6.45, 7) is 0. The quantitative estimate of drug-likeness (QED) is 0.770. The van der Waals surface area contributed by atoms with Gasteiger partial charge in [-0.15, -0.1) is 0 Å². The van der Waals surface area contributed by atoms with Crippen molar-refractivity contribution in [3.63, 3.8) is 0 Å². The van der Waals surface area contributed by atoms with E-state index in [1.54, 1.807) is 0 Å². The Morgan fingerprint density at radius 1 is 1.31 bits per heavy atom. The van der Waals surface area contributed by atoms with E-state index in [1.807, 2.05) is 0 Å². The fraction of sp³-hybridized carbons (Fsp3) is 0.600. The third-order valence-corrected chi connectivity index (χ3v) is 4.39. The molecule has 0 spiro atoms. The van der Waals surface area contributed by atoms with Crippen LogP contribution in [0.4, 0.5) is 0 Å². The molecular formula is C10H11Cl2NO2S. The standard InChI is InChI=1S/C10H11Cl2NO2S/c11-7-8(16-13-9(7)12)10(14)15-6-4-2-1-3-5-6/h6H,1-5H2. The molecule has 3 nitrogen and oxygen atoms in total. The Morgan fingerprint density at radius 3 is 2.56 bits per heavy atom. The van der Waals surface area contributed by atoms with E-state index in [0.717, 1.165) is 37.2 Å². The molecule has 16 heavy (non-hydrogen) atoms. The van der Waals surface area contributed by atoms with E-state index in [-0.39, 0.29) is 16.3 Å². The van der Waals surface area contributed by atoms with E-state index in [1.165, 1.54) is 6.42 Å². The molecular weight excluding hydrogens is 269 g/mol. The lowest BCUT2D eigenvalue weighted by Crippen LogP contribution is -2.20. The summed E-state index contributed by atoms with van der Waals surface area (Å²) >= 11 is 12.5. The first-order valence-electron chi connectivity index (χ1n) is 5.20. The largest absolute Gasteiger partial charge is 0.458 e. The second-order valence-corrected chi connectivity index (χ2v) is 5.29. The van der Waals surface area contributed by atoms with Crippen molar-refractivity contribution in [2.75, 3.05) is 0 Å². The van der Waals surface area contributed by atoms with Gasteiger partial charge in [0.2, 0.25) is 0 Å². The number of ether oxygens (including phenoxy) is 1. The van der Waals surface area contributed by atoms with Crippen LogP contribution < -0.4 is 0 Å². The number of hydrogen-bond donors (Lipinski definition) is 0. The van der Waals surface area contributed by atoms with Gasteiger partial charge in [-0.25, -0.2) is 4.79 Å². The van der Waals surface area contributed by atoms with Crippen molar-refractivity contribution >= 4 is 40.7 Å². The van der Waals surface area contributed by atoms with Crippen molar-refractivity contribution in [1.29, 1.82) is 0 Å². The van der Waals surface area contributed by atoms with Gasteiger partial charge in [-0.05, 0) is 37.2 Å². The van der Waals surface area contributed by atoms with Crippen LogP contribution in [0.5, 0.6) is 0 Å². The topological polar surface area (TPSA) is 39.2 Å². The molecule has 1 aliphatic rings. The SMILES string of the molecule is O=C(OC1CCCCC1)c1snc(Cl)c1Cl. The van der Waals surface area contributed by atoms with Crippen LogP contribution in [0.15, 0.2) is 0 Å². The third-order valence-electron chi connectivity index (χ3n) is 2.61. The Balaban J connectivity index is 1.99. The van der Waals surface area contributed by atoms with Gasteiger partial charge in [0, 0.05) is 0 Å². The van der Waals surface area contributed by atoms with Crippen LogP contribution in [-0.4, -0.2) is 16.4 Å². The van der Waals surface area contributed by atoms with Gasteiger partial charge < -0.3 is 4.74 Å². The number of aromatic nitrogens is 1. The van der Waals surface area contributed by atoms with Crippen molar-refractivity contribution in [3.05, 3.63) is 15.1 Å². The van der Waals surface area contributed by atoms with E-state index in [2.05, 4.69) is 4.37 Å². The Labute approximate surface area is 108 Å². The van der Waals surface area contributed by atoms with Crippen molar-refractivity contribution in [2.45, 2.75) is 38.2 Å². The van der Waals surface area contributed by atoms with Gasteiger partial charge in [0.05, 0.1) is 0 Å². The molecule has 2 rings (SSSR count). The molecule has 0 aromatic carbocycles. The maximum Gasteiger partial charge on any atom is 0.351 e. The zero-order valence-corrected chi connectivity index (χ0v) is 10.9. The van der Waals surface area contributed by atoms with Gasteiger partial charge in [-0.1, -0.05) is 29.6 Å². The summed E-state index contributed by atoms with van der Waals surface area (Å²) in [5.74, 6) is -0.402. The van der Waals surface area contributed by atoms with Gasteiger partial charge in [-0.2, -0.15) is 4.37 Å². The maximum absolute atomic E-state index is 11.8. The summed E-state index contributed by atoms with van der Waals surface area (Å²) in [7, 11) is 0. The number of hydrogen-bond acceptors (Lipinski definition) is 4. The van der Waals surface area contributed by atoms with Crippen LogP contribution in [0.25, 0.3) is 0 Å². The fourth-order valence-electron chi connectivity index (χ4n) is 1.77. The van der Waals surface area contributed by atoms with Crippen molar-refractivity contribution in [2.24, 2.45) is 0 Å². The molecule has 0 radical (unpaired) electrons. The minimum atomic E-state index is -0.402. The normalized spacial score (nSPS) is 17.4. The molecule has 6 heteroatoms. The molecule has 0 unspecified atom stereocenters. The molecule has 1 aromatic heterocycles. The van der Waals surface area contributed by atoms with E-state index in [0.29, 0.717) is 4.88 Å². The number of halogens is 2. The third kappa shape index (κ3) is 2.67. The Hall–Kier alpha value is -0.320. The first-order valence-corrected chi connectivity index (χ1v) is 6.73. The molecule has 0 bridgehead atoms. The van der Waals surface area contributed by atoms with Crippen LogP contribution >= 0.6 is 34.7 Å². The first-order chi connectivity index (χ1) is 7.68. The van der Waals surface area contributed by atoms with Gasteiger partial charge in [0.15, 0.2) is 10.0 Å². The molecule has 0 aliphatic heterocycles. The zero-order valence-electron chi connectivity index (χ0n) is 8.54. The maximum atomic E-state index is 11.8. The Bertz CT molecular complexity index is 388. The van der Waals surface area contributed by atoms with E-state index < -0.39 is 5.97 Å². The molecule has 0 N–H and O–H groups in total. The molecule has 1 aromatic rings. The van der Waals surface area contributed by atoms with Crippen molar-refractivity contribution in [1.82, 2.24) is 4.37 Å². The highest BCUT2D eigenvalue weighted by atomic mass is 35.5. The number of carbonyl (C=O) groups excluding carboxylic acids is 1. The van der Waals surface area contributed by atoms with Gasteiger partial charge in [0.25, 0.3) is 0 Å². The highest BCUT2D eigenvalue weighted by molar-refractivity contribution is 7.09. The van der Waals surface area contributed by atoms with Gasteiger partial charge in [-0.3, -0.25) is 0 Å². The summed E-state index contributed by atoms with van der Waals surface area (Å²) in [6, 6.07) is 0. The minimum absolute atomic E-state index is 0.0261. The second kappa shape index (κ2) is 5.34. The summed E-state index contributed by atoms with van der Waals surface area (Å²) in [6.07, 6.45) is 5.37. The number of nitrogens with zero attached hydrogens (tertiary/aromatic N) is 1. The average molecular weight is 280 g/mol. The van der Waals surface area contributed by atoms with E-state index in [4.69, 9.17) is 27.9 Å². The van der Waals surface area contributed by atoms with Crippen LogP contribution in [0.1, 0.15) is 41.8 Å². The van der Waals surface area contributed by atoms with Crippen LogP contribution in [0.2, 0.25) is 10.2 Å². The van der Waals surface area contributed by atoms with E-state index in [9.17, 15) is 4.79 Å². The predicted molar refractivity (Wildman–Crippen MR) is 64.4 cm³/mol. The highest BCUT2D eigenvalue weighted by Crippen LogP contribution is 2.30. The smallest absolute Gasteiger partial charge is 0.351 e. The Morgan fingerprint density at radius 2 is 2.00 bits per heavy atom. The first kappa shape index (κ1) is 12.1. The van der Waals surface area contributed by atoms with Gasteiger partial charge in [0.1, 0.15) is 11.1 Å². The average Bonchev–Trinajstić information content (AvgIpc) is 2.61. The second-order valence-electron chi connectivity index (χ2n) is 3.78. The van der Waals surface area contributed by atoms with E-state index >= 15 is 0 Å². The number of esters is 1. The summed E-state index contributed by atoms with van der Waals surface area (Å²) < 4.78 is 9.16. The molecule has 1 heterocycles. The molecule has 88 valence electrons. The fourth-order valence-corrected chi connectivity index (χ4v) is 2.86. The molecule has 0 atom stereocenters. The molecule has 0 saturated heterocycles. The lowest BCUT2D eigenvalue weighted by Gasteiger charge is -2.21. The lowest BCUT2D eigenvalue weighted by molar-refractivity contribution is 0.0217. The Kier molecular flexibility index (Phi) is 4.05. The molecule has 1 saturated carbocycles. The molecule has 0 amide bonds. The summed E-state index contributed by atoms with van der Waals surface area (Å²) in [4.78, 5) is 12.1. The van der Waals surface area contributed by atoms with Crippen LogP contribution in [-0.2, 0) is 4.74 Å². The molecule has 1 fully saturated rings. The highest BCUT2D eigenvalue weighted by Gasteiger charge is 2.23. The molecule has 1 aliphatic carbocycles. The number of rotatable bonds is 2. The van der Waals surface area contributed by atoms with Crippen molar-refractivity contribution in [3.8, 4) is 0 Å². The number of carbonyl (C=O) groups is 1. The minimum Gasteiger partial charge on any atom is -0.458 e.